The van der Waals surface area contributed by atoms with Gasteiger partial charge < -0.3 is 40.3 Å². The van der Waals surface area contributed by atoms with Crippen LogP contribution in [0.15, 0.2) is 0 Å². The minimum absolute atomic E-state index is 0.266. The molecule has 14 heteroatoms. The van der Waals surface area contributed by atoms with Crippen molar-refractivity contribution in [1.29, 1.82) is 0 Å². The van der Waals surface area contributed by atoms with Crippen LogP contribution in [0.25, 0.3) is 0 Å². The average Bonchev–Trinajstić information content (AvgIpc) is 3.19. The predicted octanol–water partition coefficient (Wildman–Crippen LogP) is 7.97. The number of rotatable bonds is 40. The van der Waals surface area contributed by atoms with Crippen molar-refractivity contribution in [2.24, 2.45) is 0 Å². The summed E-state index contributed by atoms with van der Waals surface area (Å²) < 4.78 is 47.5. The monoisotopic (exact) mass is 854 g/mol. The molecule has 1 aliphatic rings. The lowest BCUT2D eigenvalue weighted by Crippen LogP contribution is -2.61. The summed E-state index contributed by atoms with van der Waals surface area (Å²) in [5.41, 5.74) is 0. The second-order valence-corrected chi connectivity index (χ2v) is 17.9. The fourth-order valence-electron chi connectivity index (χ4n) is 7.76. The van der Waals surface area contributed by atoms with Gasteiger partial charge in [-0.05, 0) is 12.8 Å². The molecule has 0 radical (unpaired) electrons. The highest BCUT2D eigenvalue weighted by atomic mass is 32.3. The van der Waals surface area contributed by atoms with E-state index in [0.29, 0.717) is 19.3 Å². The van der Waals surface area contributed by atoms with E-state index in [1.165, 1.54) is 135 Å². The number of aliphatic hydroxyl groups is 5. The van der Waals surface area contributed by atoms with E-state index >= 15 is 0 Å². The second kappa shape index (κ2) is 35.6. The van der Waals surface area contributed by atoms with Crippen molar-refractivity contribution in [1.82, 2.24) is 5.32 Å². The number of hydrogen-bond donors (Lipinski definition) is 7. The lowest BCUT2D eigenvalue weighted by molar-refractivity contribution is -0.298. The Labute approximate surface area is 352 Å². The molecule has 1 amide bonds. The van der Waals surface area contributed by atoms with Gasteiger partial charge in [-0.3, -0.25) is 9.35 Å². The molecule has 1 heterocycles. The van der Waals surface area contributed by atoms with Crippen LogP contribution < -0.4 is 5.32 Å². The van der Waals surface area contributed by atoms with Gasteiger partial charge >= 0.3 is 10.4 Å². The van der Waals surface area contributed by atoms with Crippen molar-refractivity contribution in [3.8, 4) is 0 Å². The molecule has 8 atom stereocenters. The third-order valence-electron chi connectivity index (χ3n) is 11.5. The summed E-state index contributed by atoms with van der Waals surface area (Å²) in [4.78, 5) is 13.1. The van der Waals surface area contributed by atoms with Gasteiger partial charge in [0.1, 0.15) is 30.5 Å². The van der Waals surface area contributed by atoms with Crippen LogP contribution in [0, 0.1) is 0 Å². The van der Waals surface area contributed by atoms with Crippen LogP contribution in [0.4, 0.5) is 0 Å². The van der Waals surface area contributed by atoms with Gasteiger partial charge in [-0.25, -0.2) is 4.18 Å². The lowest BCUT2D eigenvalue weighted by Gasteiger charge is -2.41. The number of aliphatic hydroxyl groups excluding tert-OH is 5. The SMILES string of the molecule is CCCCCCCCCCCCCCCCCCCCCC(O)C(=O)NC(COC1OC(CO)C(O)C(OS(=O)(=O)O)C1O)C(O)CCCCCCCCCCCC. The minimum atomic E-state index is -5.10. The summed E-state index contributed by atoms with van der Waals surface area (Å²) in [5.74, 6) is -0.667. The number of nitrogens with one attached hydrogen (secondary N) is 1. The van der Waals surface area contributed by atoms with E-state index in [1.807, 2.05) is 0 Å². The minimum Gasteiger partial charge on any atom is -0.394 e. The molecule has 1 aliphatic heterocycles. The molecule has 58 heavy (non-hydrogen) atoms. The van der Waals surface area contributed by atoms with Crippen LogP contribution in [-0.2, 0) is 28.9 Å². The van der Waals surface area contributed by atoms with Gasteiger partial charge in [-0.15, -0.1) is 0 Å². The van der Waals surface area contributed by atoms with Crippen molar-refractivity contribution < 1.29 is 57.0 Å². The van der Waals surface area contributed by atoms with E-state index in [2.05, 4.69) is 23.3 Å². The molecule has 0 aromatic rings. The first kappa shape index (κ1) is 55.1. The fourth-order valence-corrected chi connectivity index (χ4v) is 8.27. The molecule has 0 aromatic heterocycles. The molecule has 13 nitrogen and oxygen atoms in total. The third-order valence-corrected chi connectivity index (χ3v) is 12.0. The average molecular weight is 854 g/mol. The first-order chi connectivity index (χ1) is 27.9. The Kier molecular flexibility index (Phi) is 33.8. The van der Waals surface area contributed by atoms with Gasteiger partial charge in [0.25, 0.3) is 0 Å². The van der Waals surface area contributed by atoms with Crippen molar-refractivity contribution in [3.63, 3.8) is 0 Å². The Bertz CT molecular complexity index is 1070. The fraction of sp³-hybridized carbons (Fsp3) is 0.977. The molecule has 0 aliphatic carbocycles. The highest BCUT2D eigenvalue weighted by molar-refractivity contribution is 7.80. The number of hydrogen-bond acceptors (Lipinski definition) is 11. The number of carbonyl (C=O) groups is 1. The van der Waals surface area contributed by atoms with Crippen LogP contribution >= 0.6 is 0 Å². The van der Waals surface area contributed by atoms with Crippen LogP contribution in [0.5, 0.6) is 0 Å². The van der Waals surface area contributed by atoms with Gasteiger partial charge in [0.2, 0.25) is 5.91 Å². The molecule has 0 spiro atoms. The van der Waals surface area contributed by atoms with Crippen molar-refractivity contribution in [2.45, 2.75) is 262 Å². The Balaban J connectivity index is 2.47. The molecule has 7 N–H and O–H groups in total. The summed E-state index contributed by atoms with van der Waals surface area (Å²) in [6.07, 6.45) is 24.4. The molecular formula is C44H87NO12S. The molecule has 0 bridgehead atoms. The summed E-state index contributed by atoms with van der Waals surface area (Å²) in [5, 5.41) is 55.2. The molecular weight excluding hydrogens is 767 g/mol. The standard InChI is InChI=1S/C44H87NO12S/c1-3-5-7-9-11-13-15-16-17-18-19-20-21-22-23-25-27-29-31-33-38(48)43(51)45-36(37(47)32-30-28-26-24-14-12-10-8-6-4-2)35-55-44-41(50)42(57-58(52,53)54)40(49)39(34-46)56-44/h36-42,44,46-50H,3-35H2,1-2H3,(H,45,51)(H,52,53,54). The highest BCUT2D eigenvalue weighted by Gasteiger charge is 2.48. The van der Waals surface area contributed by atoms with Gasteiger partial charge in [-0.2, -0.15) is 8.42 Å². The van der Waals surface area contributed by atoms with E-state index in [-0.39, 0.29) is 6.42 Å². The van der Waals surface area contributed by atoms with Crippen LogP contribution in [0.1, 0.15) is 213 Å². The van der Waals surface area contributed by atoms with Gasteiger partial charge in [0, 0.05) is 0 Å². The lowest BCUT2D eigenvalue weighted by atomic mass is 9.99. The van der Waals surface area contributed by atoms with Crippen molar-refractivity contribution in [3.05, 3.63) is 0 Å². The van der Waals surface area contributed by atoms with E-state index in [9.17, 15) is 38.7 Å². The quantitative estimate of drug-likeness (QED) is 0.0231. The van der Waals surface area contributed by atoms with E-state index < -0.39 is 78.5 Å². The number of unbranched alkanes of at least 4 members (excludes halogenated alkanes) is 27. The van der Waals surface area contributed by atoms with Crippen LogP contribution in [0.2, 0.25) is 0 Å². The van der Waals surface area contributed by atoms with Gasteiger partial charge in [-0.1, -0.05) is 200 Å². The predicted molar refractivity (Wildman–Crippen MR) is 229 cm³/mol. The summed E-state index contributed by atoms with van der Waals surface area (Å²) >= 11 is 0. The Hall–Kier alpha value is -0.940. The van der Waals surface area contributed by atoms with Crippen LogP contribution in [-0.4, -0.2) is 107 Å². The zero-order valence-electron chi connectivity index (χ0n) is 36.5. The zero-order valence-corrected chi connectivity index (χ0v) is 37.3. The Morgan fingerprint density at radius 2 is 1.00 bits per heavy atom. The molecule has 0 aromatic carbocycles. The second-order valence-electron chi connectivity index (χ2n) is 16.9. The van der Waals surface area contributed by atoms with Gasteiger partial charge in [0.15, 0.2) is 6.29 Å². The van der Waals surface area contributed by atoms with E-state index in [0.717, 1.165) is 38.5 Å². The Morgan fingerprint density at radius 1 is 0.621 bits per heavy atom. The first-order valence-corrected chi connectivity index (χ1v) is 24.9. The summed E-state index contributed by atoms with van der Waals surface area (Å²) in [6, 6.07) is -1.03. The molecule has 1 fully saturated rings. The molecule has 8 unspecified atom stereocenters. The number of ether oxygens (including phenoxy) is 2. The van der Waals surface area contributed by atoms with E-state index in [4.69, 9.17) is 14.0 Å². The first-order valence-electron chi connectivity index (χ1n) is 23.5. The van der Waals surface area contributed by atoms with Crippen molar-refractivity contribution in [2.75, 3.05) is 13.2 Å². The largest absolute Gasteiger partial charge is 0.397 e. The van der Waals surface area contributed by atoms with Gasteiger partial charge in [0.05, 0.1) is 25.4 Å². The van der Waals surface area contributed by atoms with Crippen molar-refractivity contribution >= 4 is 16.3 Å². The third kappa shape index (κ3) is 27.8. The maximum absolute atomic E-state index is 13.1. The number of amides is 1. The maximum atomic E-state index is 13.1. The number of carbonyl (C=O) groups excluding carboxylic acids is 1. The molecule has 346 valence electrons. The normalized spacial score (nSPS) is 21.6. The summed E-state index contributed by atoms with van der Waals surface area (Å²) in [7, 11) is -5.10. The highest BCUT2D eigenvalue weighted by Crippen LogP contribution is 2.26. The van der Waals surface area contributed by atoms with E-state index in [1.54, 1.807) is 0 Å². The molecule has 1 saturated heterocycles. The maximum Gasteiger partial charge on any atom is 0.397 e. The smallest absolute Gasteiger partial charge is 0.394 e. The molecule has 1 rings (SSSR count). The topological polar surface area (TPSA) is 212 Å². The summed E-state index contributed by atoms with van der Waals surface area (Å²) in [6.45, 7) is 3.26. The van der Waals surface area contributed by atoms with Crippen LogP contribution in [0.3, 0.4) is 0 Å². The molecule has 0 saturated carbocycles. The Morgan fingerprint density at radius 3 is 1.38 bits per heavy atom. The zero-order chi connectivity index (χ0) is 42.9.